The van der Waals surface area contributed by atoms with E-state index >= 15 is 0 Å². The Morgan fingerprint density at radius 2 is 1.70 bits per heavy atom. The van der Waals surface area contributed by atoms with Crippen LogP contribution in [0.15, 0.2) is 42.5 Å². The van der Waals surface area contributed by atoms with Crippen LogP contribution in [0.4, 0.5) is 5.69 Å². The SMILES string of the molecule is O=C(COC(=O)C1COc2ccccc2O1)Nc1ccc2c(c1)OCCO2. The van der Waals surface area contributed by atoms with Crippen LogP contribution in [0.2, 0.25) is 0 Å². The van der Waals surface area contributed by atoms with E-state index in [2.05, 4.69) is 5.32 Å². The molecule has 2 aromatic carbocycles. The molecule has 1 amide bonds. The van der Waals surface area contributed by atoms with Crippen LogP contribution in [0.3, 0.4) is 0 Å². The van der Waals surface area contributed by atoms with Crippen molar-refractivity contribution in [1.29, 1.82) is 0 Å². The third-order valence-electron chi connectivity index (χ3n) is 3.94. The maximum Gasteiger partial charge on any atom is 0.351 e. The van der Waals surface area contributed by atoms with E-state index in [-0.39, 0.29) is 6.61 Å². The summed E-state index contributed by atoms with van der Waals surface area (Å²) in [7, 11) is 0. The topological polar surface area (TPSA) is 92.3 Å². The van der Waals surface area contributed by atoms with Gasteiger partial charge in [0.1, 0.15) is 19.8 Å². The fraction of sp³-hybridized carbons (Fsp3) is 0.263. The zero-order chi connectivity index (χ0) is 18.6. The largest absolute Gasteiger partial charge is 0.486 e. The molecule has 0 fully saturated rings. The highest BCUT2D eigenvalue weighted by atomic mass is 16.6. The first-order chi connectivity index (χ1) is 13.2. The maximum atomic E-state index is 12.1. The molecule has 4 rings (SSSR count). The van der Waals surface area contributed by atoms with E-state index in [0.717, 1.165) is 0 Å². The van der Waals surface area contributed by atoms with Crippen LogP contribution < -0.4 is 24.3 Å². The van der Waals surface area contributed by atoms with Crippen molar-refractivity contribution in [1.82, 2.24) is 0 Å². The van der Waals surface area contributed by atoms with Gasteiger partial charge in [0.25, 0.3) is 5.91 Å². The van der Waals surface area contributed by atoms with Crippen LogP contribution in [0.25, 0.3) is 0 Å². The molecule has 2 aliphatic rings. The molecule has 140 valence electrons. The van der Waals surface area contributed by atoms with Crippen molar-refractivity contribution >= 4 is 17.6 Å². The first kappa shape index (κ1) is 17.0. The lowest BCUT2D eigenvalue weighted by molar-refractivity contribution is -0.156. The lowest BCUT2D eigenvalue weighted by Crippen LogP contribution is -2.39. The molecule has 8 nitrogen and oxygen atoms in total. The van der Waals surface area contributed by atoms with Crippen LogP contribution in [-0.4, -0.2) is 44.4 Å². The minimum absolute atomic E-state index is 0.0274. The van der Waals surface area contributed by atoms with Gasteiger partial charge in [0.05, 0.1) is 0 Å². The third-order valence-corrected chi connectivity index (χ3v) is 3.94. The second-order valence-corrected chi connectivity index (χ2v) is 5.88. The van der Waals surface area contributed by atoms with Crippen LogP contribution in [-0.2, 0) is 14.3 Å². The Kier molecular flexibility index (Phi) is 4.69. The Balaban J connectivity index is 1.29. The number of hydrogen-bond donors (Lipinski definition) is 1. The number of para-hydroxylation sites is 2. The van der Waals surface area contributed by atoms with Gasteiger partial charge in [-0.2, -0.15) is 0 Å². The summed E-state index contributed by atoms with van der Waals surface area (Å²) in [6, 6.07) is 12.1. The van der Waals surface area contributed by atoms with Gasteiger partial charge in [-0.05, 0) is 24.3 Å². The number of carbonyl (C=O) groups excluding carboxylic acids is 2. The van der Waals surface area contributed by atoms with Gasteiger partial charge in [-0.15, -0.1) is 0 Å². The first-order valence-electron chi connectivity index (χ1n) is 8.44. The number of hydrogen-bond acceptors (Lipinski definition) is 7. The minimum atomic E-state index is -0.915. The number of amides is 1. The van der Waals surface area contributed by atoms with Gasteiger partial charge in [-0.3, -0.25) is 4.79 Å². The minimum Gasteiger partial charge on any atom is -0.486 e. The number of esters is 1. The molecular formula is C19H17NO7. The normalized spacial score (nSPS) is 17.0. The van der Waals surface area contributed by atoms with Gasteiger partial charge < -0.3 is 29.0 Å². The van der Waals surface area contributed by atoms with E-state index in [9.17, 15) is 9.59 Å². The Hall–Kier alpha value is -3.42. The van der Waals surface area contributed by atoms with Gasteiger partial charge >= 0.3 is 5.97 Å². The zero-order valence-corrected chi connectivity index (χ0v) is 14.3. The lowest BCUT2D eigenvalue weighted by Gasteiger charge is -2.24. The average molecular weight is 371 g/mol. The predicted molar refractivity (Wildman–Crippen MR) is 93.4 cm³/mol. The summed E-state index contributed by atoms with van der Waals surface area (Å²) in [6.07, 6.45) is -0.915. The van der Waals surface area contributed by atoms with Crippen LogP contribution in [0, 0.1) is 0 Å². The Labute approximate surface area is 154 Å². The maximum absolute atomic E-state index is 12.1. The summed E-state index contributed by atoms with van der Waals surface area (Å²) in [5.74, 6) is 1.08. The summed E-state index contributed by atoms with van der Waals surface area (Å²) in [5, 5.41) is 2.64. The molecule has 2 heterocycles. The second-order valence-electron chi connectivity index (χ2n) is 5.88. The van der Waals surface area contributed by atoms with E-state index < -0.39 is 24.6 Å². The molecule has 27 heavy (non-hydrogen) atoms. The van der Waals surface area contributed by atoms with Crippen molar-refractivity contribution in [3.8, 4) is 23.0 Å². The summed E-state index contributed by atoms with van der Waals surface area (Å²) in [5.41, 5.74) is 0.520. The predicted octanol–water partition coefficient (Wildman–Crippen LogP) is 1.78. The molecule has 0 radical (unpaired) electrons. The van der Waals surface area contributed by atoms with Crippen molar-refractivity contribution in [2.24, 2.45) is 0 Å². The molecule has 1 N–H and O–H groups in total. The molecule has 0 bridgehead atoms. The molecule has 0 aliphatic carbocycles. The van der Waals surface area contributed by atoms with Gasteiger partial charge in [0.2, 0.25) is 6.10 Å². The molecule has 1 unspecified atom stereocenters. The monoisotopic (exact) mass is 371 g/mol. The van der Waals surface area contributed by atoms with E-state index in [1.807, 2.05) is 6.07 Å². The number of carbonyl (C=O) groups is 2. The number of fused-ring (bicyclic) bond motifs is 2. The van der Waals surface area contributed by atoms with Crippen molar-refractivity contribution in [2.75, 3.05) is 31.7 Å². The van der Waals surface area contributed by atoms with Crippen molar-refractivity contribution in [3.63, 3.8) is 0 Å². The number of ether oxygens (including phenoxy) is 5. The number of nitrogens with one attached hydrogen (secondary N) is 1. The molecule has 2 aromatic rings. The highest BCUT2D eigenvalue weighted by molar-refractivity contribution is 5.93. The van der Waals surface area contributed by atoms with Crippen molar-refractivity contribution in [2.45, 2.75) is 6.10 Å². The fourth-order valence-corrected chi connectivity index (χ4v) is 2.68. The van der Waals surface area contributed by atoms with Gasteiger partial charge in [-0.1, -0.05) is 12.1 Å². The highest BCUT2D eigenvalue weighted by Crippen LogP contribution is 2.33. The molecule has 2 aliphatic heterocycles. The van der Waals surface area contributed by atoms with Crippen LogP contribution >= 0.6 is 0 Å². The second kappa shape index (κ2) is 7.45. The van der Waals surface area contributed by atoms with Gasteiger partial charge in [0.15, 0.2) is 29.6 Å². The molecule has 8 heteroatoms. The fourth-order valence-electron chi connectivity index (χ4n) is 2.68. The molecular weight excluding hydrogens is 354 g/mol. The standard InChI is InChI=1S/C19H17NO7/c21-18(20-12-5-6-14-16(9-12)24-8-7-23-14)11-26-19(22)17-10-25-13-3-1-2-4-15(13)27-17/h1-6,9,17H,7-8,10-11H2,(H,20,21). The Morgan fingerprint density at radius 3 is 2.56 bits per heavy atom. The molecule has 0 saturated heterocycles. The zero-order valence-electron chi connectivity index (χ0n) is 14.3. The van der Waals surface area contributed by atoms with Crippen molar-refractivity contribution in [3.05, 3.63) is 42.5 Å². The van der Waals surface area contributed by atoms with Gasteiger partial charge in [0, 0.05) is 11.8 Å². The quantitative estimate of drug-likeness (QED) is 0.819. The Bertz CT molecular complexity index is 867. The molecule has 0 aromatic heterocycles. The Morgan fingerprint density at radius 1 is 0.963 bits per heavy atom. The summed E-state index contributed by atoms with van der Waals surface area (Å²) in [6.45, 7) is 0.537. The lowest BCUT2D eigenvalue weighted by atomic mass is 10.2. The summed E-state index contributed by atoms with van der Waals surface area (Å²) < 4.78 is 26.9. The summed E-state index contributed by atoms with van der Waals surface area (Å²) >= 11 is 0. The van der Waals surface area contributed by atoms with Gasteiger partial charge in [-0.25, -0.2) is 4.79 Å². The smallest absolute Gasteiger partial charge is 0.351 e. The molecule has 1 atom stereocenters. The number of anilines is 1. The van der Waals surface area contributed by atoms with Crippen molar-refractivity contribution < 1.29 is 33.3 Å². The van der Waals surface area contributed by atoms with Crippen LogP contribution in [0.1, 0.15) is 0 Å². The first-order valence-corrected chi connectivity index (χ1v) is 8.44. The number of rotatable bonds is 4. The van der Waals surface area contributed by atoms with E-state index in [1.54, 1.807) is 36.4 Å². The van der Waals surface area contributed by atoms with E-state index in [1.165, 1.54) is 0 Å². The molecule has 0 saturated carbocycles. The highest BCUT2D eigenvalue weighted by Gasteiger charge is 2.29. The van der Waals surface area contributed by atoms with E-state index in [4.69, 9.17) is 23.7 Å². The number of benzene rings is 2. The average Bonchev–Trinajstić information content (AvgIpc) is 2.71. The molecule has 0 spiro atoms. The van der Waals surface area contributed by atoms with E-state index in [0.29, 0.717) is 41.9 Å². The summed E-state index contributed by atoms with van der Waals surface area (Å²) in [4.78, 5) is 24.1. The third kappa shape index (κ3) is 3.89. The van der Waals surface area contributed by atoms with Crippen LogP contribution in [0.5, 0.6) is 23.0 Å².